The lowest BCUT2D eigenvalue weighted by Crippen LogP contribution is -1.92. The van der Waals surface area contributed by atoms with Gasteiger partial charge in [0.05, 0.1) is 0 Å². The fraction of sp³-hybridized carbons (Fsp3) is 0.0286. The molecule has 0 atom stereocenters. The van der Waals surface area contributed by atoms with Gasteiger partial charge in [0.15, 0.2) is 0 Å². The minimum Gasteiger partial charge on any atom is -0.135 e. The van der Waals surface area contributed by atoms with E-state index in [0.717, 1.165) is 11.4 Å². The van der Waals surface area contributed by atoms with Crippen LogP contribution in [0.4, 0.5) is 0 Å². The third-order valence-electron chi connectivity index (χ3n) is 7.17. The molecule has 0 aliphatic rings. The van der Waals surface area contributed by atoms with Crippen LogP contribution in [0.1, 0.15) is 16.7 Å². The average Bonchev–Trinajstić information content (AvgIpc) is 3.30. The zero-order chi connectivity index (χ0) is 24.8. The van der Waals surface area contributed by atoms with Crippen molar-refractivity contribution in [3.8, 4) is 0 Å². The molecule has 2 heteroatoms. The molecule has 176 valence electrons. The number of allylic oxidation sites excluding steroid dienone is 1. The lowest BCUT2D eigenvalue weighted by atomic mass is 9.92. The Labute approximate surface area is 225 Å². The molecule has 1 heterocycles. The summed E-state index contributed by atoms with van der Waals surface area (Å²) in [5.41, 5.74) is 5.12. The van der Waals surface area contributed by atoms with Crippen LogP contribution in [0.3, 0.4) is 0 Å². The highest BCUT2D eigenvalue weighted by Crippen LogP contribution is 2.38. The molecule has 0 fully saturated rings. The van der Waals surface area contributed by atoms with Crippen molar-refractivity contribution < 1.29 is 0 Å². The van der Waals surface area contributed by atoms with E-state index in [1.807, 2.05) is 6.07 Å². The fourth-order valence-electron chi connectivity index (χ4n) is 5.39. The summed E-state index contributed by atoms with van der Waals surface area (Å²) in [4.78, 5) is 0. The molecule has 0 bridgehead atoms. The van der Waals surface area contributed by atoms with Gasteiger partial charge in [0, 0.05) is 25.2 Å². The summed E-state index contributed by atoms with van der Waals surface area (Å²) in [7, 11) is 0. The highest BCUT2D eigenvalue weighted by Gasteiger charge is 2.12. The van der Waals surface area contributed by atoms with E-state index >= 15 is 0 Å². The predicted octanol–water partition coefficient (Wildman–Crippen LogP) is 10.8. The number of benzene rings is 6. The van der Waals surface area contributed by atoms with Gasteiger partial charge in [-0.2, -0.15) is 0 Å². The molecule has 6 aromatic carbocycles. The van der Waals surface area contributed by atoms with Gasteiger partial charge in [0.1, 0.15) is 0 Å². The number of hydrogen-bond donors (Lipinski definition) is 0. The largest absolute Gasteiger partial charge is 0.135 e. The number of halogens is 1. The number of hydrogen-bond acceptors (Lipinski definition) is 1. The van der Waals surface area contributed by atoms with Crippen LogP contribution in [0.25, 0.3) is 53.4 Å². The summed E-state index contributed by atoms with van der Waals surface area (Å²) in [5, 5.41) is 8.47. The summed E-state index contributed by atoms with van der Waals surface area (Å²) in [6.45, 7) is 0. The molecule has 0 nitrogen and oxygen atoms in total. The van der Waals surface area contributed by atoms with Gasteiger partial charge in [-0.1, -0.05) is 109 Å². The van der Waals surface area contributed by atoms with E-state index in [1.165, 1.54) is 64.0 Å². The summed E-state index contributed by atoms with van der Waals surface area (Å²) in [5.74, 6) is 0. The van der Waals surface area contributed by atoms with Gasteiger partial charge in [-0.05, 0) is 80.6 Å². The Balaban J connectivity index is 1.47. The van der Waals surface area contributed by atoms with Gasteiger partial charge in [-0.15, -0.1) is 11.3 Å². The van der Waals surface area contributed by atoms with Crippen molar-refractivity contribution >= 4 is 76.3 Å². The second-order valence-electron chi connectivity index (χ2n) is 9.52. The molecule has 0 N–H and O–H groups in total. The van der Waals surface area contributed by atoms with Gasteiger partial charge in [-0.3, -0.25) is 0 Å². The standard InChI is InChI=1S/C35H23ClS/c36-28-15-16-32-33-21-24(14-17-34(33)37-35(32)22-28)26(18-23-8-2-1-3-9-23)20-27-19-25-10-4-5-11-29(25)31-13-7-6-12-30(27)31/h1-17,19-22H,18H2/b26-20-. The molecule has 0 spiro atoms. The van der Waals surface area contributed by atoms with Crippen LogP contribution in [0.5, 0.6) is 0 Å². The lowest BCUT2D eigenvalue weighted by molar-refractivity contribution is 1.29. The SMILES string of the molecule is Clc1ccc2c(c1)sc1ccc(/C(=C\c3cc4ccccc4c4ccccc34)Cc3ccccc3)cc12. The molecule has 0 aliphatic heterocycles. The first-order valence-corrected chi connectivity index (χ1v) is 13.7. The number of thiophene rings is 1. The van der Waals surface area contributed by atoms with E-state index < -0.39 is 0 Å². The van der Waals surface area contributed by atoms with E-state index in [1.54, 1.807) is 11.3 Å². The third-order valence-corrected chi connectivity index (χ3v) is 8.54. The Hall–Kier alpha value is -3.91. The van der Waals surface area contributed by atoms with Gasteiger partial charge in [-0.25, -0.2) is 0 Å². The molecule has 0 unspecified atom stereocenters. The molecule has 0 aliphatic carbocycles. The van der Waals surface area contributed by atoms with Crippen LogP contribution in [-0.2, 0) is 6.42 Å². The monoisotopic (exact) mass is 510 g/mol. The Morgan fingerprint density at radius 2 is 1.35 bits per heavy atom. The van der Waals surface area contributed by atoms with Crippen molar-refractivity contribution in [2.75, 3.05) is 0 Å². The first-order valence-electron chi connectivity index (χ1n) is 12.5. The molecule has 37 heavy (non-hydrogen) atoms. The summed E-state index contributed by atoms with van der Waals surface area (Å²) >= 11 is 8.10. The first-order chi connectivity index (χ1) is 18.2. The Kier molecular flexibility index (Phi) is 5.54. The highest BCUT2D eigenvalue weighted by atomic mass is 35.5. The number of fused-ring (bicyclic) bond motifs is 6. The molecule has 7 aromatic rings. The molecule has 7 rings (SSSR count). The molecular weight excluding hydrogens is 488 g/mol. The van der Waals surface area contributed by atoms with Crippen LogP contribution in [0, 0.1) is 0 Å². The summed E-state index contributed by atoms with van der Waals surface area (Å²) < 4.78 is 2.52. The maximum atomic E-state index is 6.30. The topological polar surface area (TPSA) is 0 Å². The van der Waals surface area contributed by atoms with Gasteiger partial charge >= 0.3 is 0 Å². The van der Waals surface area contributed by atoms with E-state index in [9.17, 15) is 0 Å². The summed E-state index contributed by atoms with van der Waals surface area (Å²) in [6.07, 6.45) is 3.26. The van der Waals surface area contributed by atoms with Crippen molar-refractivity contribution in [2.45, 2.75) is 6.42 Å². The van der Waals surface area contributed by atoms with E-state index in [2.05, 4.69) is 121 Å². The van der Waals surface area contributed by atoms with Gasteiger partial charge < -0.3 is 0 Å². The Morgan fingerprint density at radius 3 is 2.22 bits per heavy atom. The highest BCUT2D eigenvalue weighted by molar-refractivity contribution is 7.25. The summed E-state index contributed by atoms with van der Waals surface area (Å²) in [6, 6.07) is 43.6. The predicted molar refractivity (Wildman–Crippen MR) is 164 cm³/mol. The molecule has 0 radical (unpaired) electrons. The molecule has 0 saturated heterocycles. The van der Waals surface area contributed by atoms with Crippen molar-refractivity contribution in [2.24, 2.45) is 0 Å². The molecule has 0 amide bonds. The fourth-order valence-corrected chi connectivity index (χ4v) is 6.76. The maximum Gasteiger partial charge on any atom is 0.0420 e. The zero-order valence-electron chi connectivity index (χ0n) is 20.1. The van der Waals surface area contributed by atoms with Gasteiger partial charge in [0.2, 0.25) is 0 Å². The molecule has 1 aromatic heterocycles. The van der Waals surface area contributed by atoms with Crippen LogP contribution >= 0.6 is 22.9 Å². The van der Waals surface area contributed by atoms with E-state index in [0.29, 0.717) is 0 Å². The van der Waals surface area contributed by atoms with Crippen LogP contribution < -0.4 is 0 Å². The number of rotatable bonds is 4. The van der Waals surface area contributed by atoms with Gasteiger partial charge in [0.25, 0.3) is 0 Å². The first kappa shape index (κ1) is 22.3. The lowest BCUT2D eigenvalue weighted by Gasteiger charge is -2.13. The Morgan fingerprint density at radius 1 is 0.595 bits per heavy atom. The zero-order valence-corrected chi connectivity index (χ0v) is 21.7. The molecule has 0 saturated carbocycles. The minimum atomic E-state index is 0.784. The quantitative estimate of drug-likeness (QED) is 0.163. The van der Waals surface area contributed by atoms with Crippen LogP contribution in [0.2, 0.25) is 5.02 Å². The molecular formula is C35H23ClS. The average molecular weight is 511 g/mol. The van der Waals surface area contributed by atoms with E-state index in [-0.39, 0.29) is 0 Å². The second-order valence-corrected chi connectivity index (χ2v) is 11.0. The minimum absolute atomic E-state index is 0.784. The van der Waals surface area contributed by atoms with Crippen molar-refractivity contribution in [3.05, 3.63) is 143 Å². The van der Waals surface area contributed by atoms with Crippen LogP contribution in [0.15, 0.2) is 121 Å². The van der Waals surface area contributed by atoms with Crippen LogP contribution in [-0.4, -0.2) is 0 Å². The van der Waals surface area contributed by atoms with Crippen molar-refractivity contribution in [1.29, 1.82) is 0 Å². The third kappa shape index (κ3) is 4.11. The van der Waals surface area contributed by atoms with E-state index in [4.69, 9.17) is 11.6 Å². The smallest absolute Gasteiger partial charge is 0.0420 e. The normalized spacial score (nSPS) is 12.2. The van der Waals surface area contributed by atoms with Crippen molar-refractivity contribution in [3.63, 3.8) is 0 Å². The maximum absolute atomic E-state index is 6.30. The second kappa shape index (κ2) is 9.19. The van der Waals surface area contributed by atoms with Crippen molar-refractivity contribution in [1.82, 2.24) is 0 Å². The Bertz CT molecular complexity index is 1960.